The van der Waals surface area contributed by atoms with Crippen molar-refractivity contribution in [2.45, 2.75) is 25.7 Å². The van der Waals surface area contributed by atoms with Gasteiger partial charge in [-0.3, -0.25) is 9.78 Å². The quantitative estimate of drug-likeness (QED) is 0.875. The molecular formula is C21H21ClN2O. The van der Waals surface area contributed by atoms with E-state index in [0.29, 0.717) is 10.9 Å². The number of nitrogens with zero attached hydrogens (tertiary/aromatic N) is 1. The molecule has 1 aliphatic heterocycles. The predicted octanol–water partition coefficient (Wildman–Crippen LogP) is 4.31. The number of fused-ring (bicyclic) bond motifs is 2. The van der Waals surface area contributed by atoms with Gasteiger partial charge < -0.3 is 5.32 Å². The van der Waals surface area contributed by atoms with Crippen molar-refractivity contribution in [1.82, 2.24) is 10.3 Å². The monoisotopic (exact) mass is 352 g/mol. The van der Waals surface area contributed by atoms with Gasteiger partial charge in [0.15, 0.2) is 5.78 Å². The smallest absolute Gasteiger partial charge is 0.160 e. The lowest BCUT2D eigenvalue weighted by Gasteiger charge is -2.32. The number of pyridine rings is 1. The molecule has 1 unspecified atom stereocenters. The maximum absolute atomic E-state index is 12.4. The zero-order valence-corrected chi connectivity index (χ0v) is 15.0. The van der Waals surface area contributed by atoms with Crippen LogP contribution in [0.4, 0.5) is 0 Å². The molecule has 25 heavy (non-hydrogen) atoms. The number of aromatic nitrogens is 1. The highest BCUT2D eigenvalue weighted by atomic mass is 35.5. The molecule has 1 N–H and O–H groups in total. The molecular weight excluding hydrogens is 332 g/mol. The lowest BCUT2D eigenvalue weighted by Crippen LogP contribution is -2.32. The molecule has 2 heterocycles. The molecule has 0 radical (unpaired) electrons. The van der Waals surface area contributed by atoms with Gasteiger partial charge in [0, 0.05) is 22.7 Å². The Labute approximate surface area is 153 Å². The summed E-state index contributed by atoms with van der Waals surface area (Å²) in [6.45, 7) is 3.68. The minimum absolute atomic E-state index is 0.0595. The Bertz CT molecular complexity index is 853. The van der Waals surface area contributed by atoms with Crippen molar-refractivity contribution in [3.8, 4) is 0 Å². The van der Waals surface area contributed by atoms with Crippen molar-refractivity contribution >= 4 is 29.0 Å². The number of carbonyl (C=O) groups is 1. The van der Waals surface area contributed by atoms with Crippen LogP contribution in [-0.2, 0) is 4.79 Å². The molecule has 0 saturated carbocycles. The fourth-order valence-corrected chi connectivity index (χ4v) is 4.34. The second kappa shape index (κ2) is 6.74. The summed E-state index contributed by atoms with van der Waals surface area (Å²) in [7, 11) is 0. The second-order valence-corrected chi connectivity index (χ2v) is 7.33. The molecule has 128 valence electrons. The van der Waals surface area contributed by atoms with Gasteiger partial charge in [-0.05, 0) is 79.7 Å². The van der Waals surface area contributed by atoms with Crippen LogP contribution in [0, 0.1) is 5.92 Å². The molecule has 2 aromatic rings. The molecule has 1 aliphatic carbocycles. The van der Waals surface area contributed by atoms with Crippen molar-refractivity contribution < 1.29 is 4.79 Å². The van der Waals surface area contributed by atoms with Crippen LogP contribution in [0.1, 0.15) is 48.1 Å². The highest BCUT2D eigenvalue weighted by molar-refractivity contribution is 6.31. The van der Waals surface area contributed by atoms with E-state index in [1.165, 1.54) is 5.56 Å². The van der Waals surface area contributed by atoms with Crippen LogP contribution in [0.15, 0.2) is 36.5 Å². The predicted molar refractivity (Wildman–Crippen MR) is 102 cm³/mol. The van der Waals surface area contributed by atoms with Crippen LogP contribution in [0.2, 0.25) is 5.02 Å². The third-order valence-corrected chi connectivity index (χ3v) is 5.58. The minimum Gasteiger partial charge on any atom is -0.317 e. The summed E-state index contributed by atoms with van der Waals surface area (Å²) in [5.74, 6) is 0.762. The van der Waals surface area contributed by atoms with E-state index < -0.39 is 0 Å². The van der Waals surface area contributed by atoms with Gasteiger partial charge in [-0.15, -0.1) is 0 Å². The van der Waals surface area contributed by atoms with Gasteiger partial charge in [0.25, 0.3) is 0 Å². The maximum atomic E-state index is 12.4. The van der Waals surface area contributed by atoms with Gasteiger partial charge in [-0.2, -0.15) is 0 Å². The third kappa shape index (κ3) is 3.03. The number of allylic oxidation sites excluding steroid dienone is 1. The molecule has 4 rings (SSSR count). The average Bonchev–Trinajstić information content (AvgIpc) is 2.77. The Morgan fingerprint density at radius 1 is 1.24 bits per heavy atom. The van der Waals surface area contributed by atoms with Gasteiger partial charge in [0.2, 0.25) is 0 Å². The van der Waals surface area contributed by atoms with Crippen molar-refractivity contribution in [1.29, 1.82) is 0 Å². The first-order valence-corrected chi connectivity index (χ1v) is 9.21. The van der Waals surface area contributed by atoms with E-state index in [0.717, 1.165) is 48.3 Å². The second-order valence-electron chi connectivity index (χ2n) is 6.89. The van der Waals surface area contributed by atoms with E-state index >= 15 is 0 Å². The molecule has 2 aliphatic rings. The Kier molecular flexibility index (Phi) is 4.45. The summed E-state index contributed by atoms with van der Waals surface area (Å²) in [4.78, 5) is 17.1. The average molecular weight is 353 g/mol. The Hall–Kier alpha value is -1.97. The number of halogens is 1. The molecule has 4 heteroatoms. The summed E-state index contributed by atoms with van der Waals surface area (Å²) >= 11 is 6.28. The van der Waals surface area contributed by atoms with Gasteiger partial charge in [-0.1, -0.05) is 23.7 Å². The van der Waals surface area contributed by atoms with E-state index in [4.69, 9.17) is 16.6 Å². The van der Waals surface area contributed by atoms with Crippen molar-refractivity contribution in [2.75, 3.05) is 13.1 Å². The standard InChI is InChI=1S/C21H21ClN2O/c1-13(25)18-11-15-3-2-8-24-21(15)20(14-6-9-23-10-7-14)17-5-4-16(22)12-19(17)18/h2-5,8,11-12,14,20,23H,6-7,9-10H2,1H3. The molecule has 1 aromatic heterocycles. The number of ketones is 1. The normalized spacial score (nSPS) is 20.2. The van der Waals surface area contributed by atoms with Gasteiger partial charge in [0.05, 0.1) is 5.69 Å². The van der Waals surface area contributed by atoms with Gasteiger partial charge in [0.1, 0.15) is 0 Å². The molecule has 1 fully saturated rings. The van der Waals surface area contributed by atoms with Crippen LogP contribution in [0.5, 0.6) is 0 Å². The molecule has 1 aromatic carbocycles. The summed E-state index contributed by atoms with van der Waals surface area (Å²) in [6.07, 6.45) is 6.06. The minimum atomic E-state index is 0.0595. The fourth-order valence-electron chi connectivity index (χ4n) is 4.17. The number of nitrogens with one attached hydrogen (secondary N) is 1. The first kappa shape index (κ1) is 16.5. The molecule has 0 bridgehead atoms. The molecule has 0 amide bonds. The Morgan fingerprint density at radius 2 is 2.04 bits per heavy atom. The van der Waals surface area contributed by atoms with Crippen molar-refractivity contribution in [3.63, 3.8) is 0 Å². The highest BCUT2D eigenvalue weighted by Crippen LogP contribution is 2.44. The first-order valence-electron chi connectivity index (χ1n) is 8.83. The largest absolute Gasteiger partial charge is 0.317 e. The number of hydrogen-bond acceptors (Lipinski definition) is 3. The zero-order valence-electron chi connectivity index (χ0n) is 14.3. The lowest BCUT2D eigenvalue weighted by molar-refractivity contribution is -0.111. The highest BCUT2D eigenvalue weighted by Gasteiger charge is 2.33. The SMILES string of the molecule is CC(=O)C1=Cc2cccnc2C(C2CCNCC2)c2ccc(Cl)cc21. The van der Waals surface area contributed by atoms with Crippen LogP contribution >= 0.6 is 11.6 Å². The third-order valence-electron chi connectivity index (χ3n) is 5.34. The van der Waals surface area contributed by atoms with Gasteiger partial charge in [-0.25, -0.2) is 0 Å². The summed E-state index contributed by atoms with van der Waals surface area (Å²) < 4.78 is 0. The molecule has 3 nitrogen and oxygen atoms in total. The van der Waals surface area contributed by atoms with Gasteiger partial charge >= 0.3 is 0 Å². The molecule has 1 atom stereocenters. The van der Waals surface area contributed by atoms with Crippen LogP contribution in [-0.4, -0.2) is 23.9 Å². The number of hydrogen-bond donors (Lipinski definition) is 1. The molecule has 1 saturated heterocycles. The first-order chi connectivity index (χ1) is 12.1. The number of carbonyl (C=O) groups excluding carboxylic acids is 1. The molecule has 0 spiro atoms. The number of piperidine rings is 1. The van der Waals surface area contributed by atoms with Crippen molar-refractivity contribution in [3.05, 3.63) is 63.9 Å². The van der Waals surface area contributed by atoms with E-state index in [9.17, 15) is 4.79 Å². The van der Waals surface area contributed by atoms with E-state index in [-0.39, 0.29) is 11.7 Å². The van der Waals surface area contributed by atoms with Crippen molar-refractivity contribution in [2.24, 2.45) is 5.92 Å². The van der Waals surface area contributed by atoms with Crippen LogP contribution in [0.25, 0.3) is 11.6 Å². The number of benzene rings is 1. The van der Waals surface area contributed by atoms with E-state index in [2.05, 4.69) is 17.4 Å². The lowest BCUT2D eigenvalue weighted by atomic mass is 9.76. The zero-order chi connectivity index (χ0) is 17.4. The van der Waals surface area contributed by atoms with Crippen LogP contribution < -0.4 is 5.32 Å². The Balaban J connectivity index is 1.97. The van der Waals surface area contributed by atoms with E-state index in [1.54, 1.807) is 6.92 Å². The summed E-state index contributed by atoms with van der Waals surface area (Å²) in [5.41, 5.74) is 4.98. The number of Topliss-reactive ketones (excluding diaryl/α,β-unsaturated/α-hetero) is 1. The topological polar surface area (TPSA) is 42.0 Å². The van der Waals surface area contributed by atoms with E-state index in [1.807, 2.05) is 30.5 Å². The summed E-state index contributed by atoms with van der Waals surface area (Å²) in [6, 6.07) is 9.96. The van der Waals surface area contributed by atoms with Crippen LogP contribution in [0.3, 0.4) is 0 Å². The fraction of sp³-hybridized carbons (Fsp3) is 0.333. The summed E-state index contributed by atoms with van der Waals surface area (Å²) in [5, 5.41) is 4.11. The maximum Gasteiger partial charge on any atom is 0.160 e. The Morgan fingerprint density at radius 3 is 2.80 bits per heavy atom. The number of rotatable bonds is 2.